The van der Waals surface area contributed by atoms with Crippen LogP contribution in [0.3, 0.4) is 0 Å². The average molecular weight is 394 g/mol. The first-order valence-electron chi connectivity index (χ1n) is 5.73. The van der Waals surface area contributed by atoms with Crippen molar-refractivity contribution in [3.8, 4) is 0 Å². The van der Waals surface area contributed by atoms with E-state index in [0.29, 0.717) is 10.2 Å². The standard InChI is InChI=1S/C13H11BrClFN2O2S/c1-7-2-8(14)4-10(3-7)18-21(19,20)12-6-9(17)5-11(15)13(12)16/h2-6,18H,17H2,1H3. The molecule has 112 valence electrons. The molecular formula is C13H11BrClFN2O2S. The number of nitrogen functional groups attached to an aromatic ring is 1. The number of hydrogen-bond acceptors (Lipinski definition) is 3. The fourth-order valence-electron chi connectivity index (χ4n) is 1.78. The molecule has 0 heterocycles. The zero-order valence-electron chi connectivity index (χ0n) is 10.8. The van der Waals surface area contributed by atoms with Crippen LogP contribution in [0.4, 0.5) is 15.8 Å². The molecule has 0 amide bonds. The molecule has 0 saturated heterocycles. The molecule has 2 aromatic rings. The quantitative estimate of drug-likeness (QED) is 0.776. The van der Waals surface area contributed by atoms with Gasteiger partial charge in [-0.05, 0) is 42.8 Å². The lowest BCUT2D eigenvalue weighted by molar-refractivity contribution is 0.571. The summed E-state index contributed by atoms with van der Waals surface area (Å²) in [7, 11) is -4.13. The number of nitrogens with two attached hydrogens (primary N) is 1. The van der Waals surface area contributed by atoms with Crippen LogP contribution in [0.15, 0.2) is 39.7 Å². The minimum absolute atomic E-state index is 0.0622. The maximum atomic E-state index is 13.9. The third-order valence-corrected chi connectivity index (χ3v) is 4.71. The number of sulfonamides is 1. The van der Waals surface area contributed by atoms with Gasteiger partial charge in [-0.1, -0.05) is 27.5 Å². The highest BCUT2D eigenvalue weighted by Gasteiger charge is 2.22. The number of benzene rings is 2. The van der Waals surface area contributed by atoms with E-state index in [9.17, 15) is 12.8 Å². The van der Waals surface area contributed by atoms with Crippen LogP contribution in [0.1, 0.15) is 5.56 Å². The first kappa shape index (κ1) is 16.1. The molecule has 0 aliphatic carbocycles. The first-order chi connectivity index (χ1) is 9.69. The van der Waals surface area contributed by atoms with E-state index in [1.165, 1.54) is 0 Å². The lowest BCUT2D eigenvalue weighted by atomic mass is 10.2. The van der Waals surface area contributed by atoms with E-state index in [1.54, 1.807) is 19.1 Å². The smallest absolute Gasteiger partial charge is 0.264 e. The highest BCUT2D eigenvalue weighted by Crippen LogP contribution is 2.28. The van der Waals surface area contributed by atoms with Crippen molar-refractivity contribution in [3.05, 3.63) is 51.2 Å². The predicted octanol–water partition coefficient (Wildman–Crippen LogP) is 3.93. The van der Waals surface area contributed by atoms with Crippen LogP contribution in [0.5, 0.6) is 0 Å². The molecule has 2 rings (SSSR count). The maximum absolute atomic E-state index is 13.9. The van der Waals surface area contributed by atoms with Gasteiger partial charge in [-0.2, -0.15) is 0 Å². The monoisotopic (exact) mass is 392 g/mol. The van der Waals surface area contributed by atoms with Crippen LogP contribution in [0, 0.1) is 12.7 Å². The fourth-order valence-corrected chi connectivity index (χ4v) is 3.85. The normalized spacial score (nSPS) is 11.4. The predicted molar refractivity (Wildman–Crippen MR) is 85.5 cm³/mol. The van der Waals surface area contributed by atoms with Gasteiger partial charge in [0, 0.05) is 10.2 Å². The summed E-state index contributed by atoms with van der Waals surface area (Å²) in [6.07, 6.45) is 0. The molecule has 4 nitrogen and oxygen atoms in total. The second-order valence-electron chi connectivity index (χ2n) is 4.44. The Morgan fingerprint density at radius 2 is 1.90 bits per heavy atom. The molecule has 21 heavy (non-hydrogen) atoms. The van der Waals surface area contributed by atoms with E-state index in [2.05, 4.69) is 20.7 Å². The van der Waals surface area contributed by atoms with E-state index in [4.69, 9.17) is 17.3 Å². The van der Waals surface area contributed by atoms with E-state index in [1.807, 2.05) is 6.07 Å². The summed E-state index contributed by atoms with van der Waals surface area (Å²) in [4.78, 5) is -0.592. The zero-order valence-corrected chi connectivity index (χ0v) is 14.0. The molecule has 0 aromatic heterocycles. The highest BCUT2D eigenvalue weighted by atomic mass is 79.9. The summed E-state index contributed by atoms with van der Waals surface area (Å²) in [6.45, 7) is 1.81. The van der Waals surface area contributed by atoms with E-state index in [-0.39, 0.29) is 10.7 Å². The Balaban J connectivity index is 2.48. The Labute approximate surface area is 135 Å². The lowest BCUT2D eigenvalue weighted by Gasteiger charge is -2.11. The van der Waals surface area contributed by atoms with Crippen molar-refractivity contribution < 1.29 is 12.8 Å². The Hall–Kier alpha value is -1.31. The van der Waals surface area contributed by atoms with E-state index < -0.39 is 20.7 Å². The van der Waals surface area contributed by atoms with Crippen molar-refractivity contribution in [2.75, 3.05) is 10.5 Å². The van der Waals surface area contributed by atoms with Gasteiger partial charge in [0.25, 0.3) is 10.0 Å². The van der Waals surface area contributed by atoms with Crippen LogP contribution in [-0.4, -0.2) is 8.42 Å². The number of aryl methyl sites for hydroxylation is 1. The minimum atomic E-state index is -4.13. The lowest BCUT2D eigenvalue weighted by Crippen LogP contribution is -2.15. The van der Waals surface area contributed by atoms with Crippen LogP contribution in [0.2, 0.25) is 5.02 Å². The maximum Gasteiger partial charge on any atom is 0.264 e. The van der Waals surface area contributed by atoms with Gasteiger partial charge in [0.1, 0.15) is 4.90 Å². The van der Waals surface area contributed by atoms with Crippen LogP contribution in [0.25, 0.3) is 0 Å². The van der Waals surface area contributed by atoms with Crippen molar-refractivity contribution >= 4 is 48.9 Å². The molecule has 0 radical (unpaired) electrons. The second-order valence-corrected chi connectivity index (χ2v) is 7.41. The Morgan fingerprint density at radius 3 is 2.52 bits per heavy atom. The molecule has 0 atom stereocenters. The van der Waals surface area contributed by atoms with Crippen LogP contribution >= 0.6 is 27.5 Å². The molecule has 0 saturated carbocycles. The molecule has 0 fully saturated rings. The van der Waals surface area contributed by atoms with Gasteiger partial charge in [-0.3, -0.25) is 4.72 Å². The molecule has 0 bridgehead atoms. The van der Waals surface area contributed by atoms with E-state index >= 15 is 0 Å². The summed E-state index contributed by atoms with van der Waals surface area (Å²) < 4.78 is 41.5. The molecular weight excluding hydrogens is 383 g/mol. The number of anilines is 2. The third-order valence-electron chi connectivity index (χ3n) is 2.60. The zero-order chi connectivity index (χ0) is 15.8. The van der Waals surface area contributed by atoms with Crippen molar-refractivity contribution in [2.24, 2.45) is 0 Å². The largest absolute Gasteiger partial charge is 0.399 e. The minimum Gasteiger partial charge on any atom is -0.399 e. The number of rotatable bonds is 3. The van der Waals surface area contributed by atoms with Gasteiger partial charge >= 0.3 is 0 Å². The molecule has 2 aromatic carbocycles. The van der Waals surface area contributed by atoms with Gasteiger partial charge in [0.05, 0.1) is 10.7 Å². The van der Waals surface area contributed by atoms with Crippen LogP contribution in [-0.2, 0) is 10.0 Å². The molecule has 3 N–H and O–H groups in total. The van der Waals surface area contributed by atoms with Gasteiger partial charge in [0.2, 0.25) is 0 Å². The van der Waals surface area contributed by atoms with Gasteiger partial charge in [0.15, 0.2) is 5.82 Å². The first-order valence-corrected chi connectivity index (χ1v) is 8.39. The summed E-state index contributed by atoms with van der Waals surface area (Å²) >= 11 is 8.89. The average Bonchev–Trinajstić information content (AvgIpc) is 2.31. The SMILES string of the molecule is Cc1cc(Br)cc(NS(=O)(=O)c2cc(N)cc(Cl)c2F)c1. The molecule has 8 heteroatoms. The molecule has 0 aliphatic heterocycles. The molecule has 0 unspecified atom stereocenters. The topological polar surface area (TPSA) is 72.2 Å². The van der Waals surface area contributed by atoms with Crippen LogP contribution < -0.4 is 10.5 Å². The summed E-state index contributed by atoms with van der Waals surface area (Å²) in [5, 5.41) is -0.346. The Kier molecular flexibility index (Phi) is 4.46. The number of halogens is 3. The summed E-state index contributed by atoms with van der Waals surface area (Å²) in [5.41, 5.74) is 6.72. The molecule has 0 aliphatic rings. The van der Waals surface area contributed by atoms with Gasteiger partial charge in [-0.25, -0.2) is 12.8 Å². The molecule has 0 spiro atoms. The van der Waals surface area contributed by atoms with Gasteiger partial charge < -0.3 is 5.73 Å². The summed E-state index contributed by atoms with van der Waals surface area (Å²) in [6, 6.07) is 7.17. The second kappa shape index (κ2) is 5.82. The van der Waals surface area contributed by atoms with E-state index in [0.717, 1.165) is 17.7 Å². The number of nitrogens with one attached hydrogen (secondary N) is 1. The third kappa shape index (κ3) is 3.66. The van der Waals surface area contributed by atoms with Crippen molar-refractivity contribution in [1.82, 2.24) is 0 Å². The Morgan fingerprint density at radius 1 is 1.24 bits per heavy atom. The van der Waals surface area contributed by atoms with Crippen molar-refractivity contribution in [1.29, 1.82) is 0 Å². The summed E-state index contributed by atoms with van der Waals surface area (Å²) in [5.74, 6) is -1.04. The number of hydrogen-bond donors (Lipinski definition) is 2. The van der Waals surface area contributed by atoms with Crippen molar-refractivity contribution in [3.63, 3.8) is 0 Å². The fraction of sp³-hybridized carbons (Fsp3) is 0.0769. The van der Waals surface area contributed by atoms with Crippen molar-refractivity contribution in [2.45, 2.75) is 11.8 Å². The highest BCUT2D eigenvalue weighted by molar-refractivity contribution is 9.10. The Bertz CT molecular complexity index is 792. The van der Waals surface area contributed by atoms with Gasteiger partial charge in [-0.15, -0.1) is 0 Å².